The van der Waals surface area contributed by atoms with Gasteiger partial charge in [-0.25, -0.2) is 0 Å². The van der Waals surface area contributed by atoms with E-state index in [2.05, 4.69) is 30.8 Å². The first-order valence-electron chi connectivity index (χ1n) is 6.28. The van der Waals surface area contributed by atoms with E-state index in [1.54, 1.807) is 6.07 Å². The summed E-state index contributed by atoms with van der Waals surface area (Å²) in [6.45, 7) is 7.04. The predicted octanol–water partition coefficient (Wildman–Crippen LogP) is 4.53. The van der Waals surface area contributed by atoms with Gasteiger partial charge in [0.25, 0.3) is 0 Å². The first kappa shape index (κ1) is 14.0. The SMILES string of the molecule is CC(C)(C)CC1CNc2c(OC(F)(F)F)cccc21. The fourth-order valence-electron chi connectivity index (χ4n) is 2.54. The highest BCUT2D eigenvalue weighted by molar-refractivity contribution is 5.66. The predicted molar refractivity (Wildman–Crippen MR) is 68.4 cm³/mol. The summed E-state index contributed by atoms with van der Waals surface area (Å²) in [5.74, 6) is 0.0909. The third-order valence-corrected chi connectivity index (χ3v) is 3.11. The largest absolute Gasteiger partial charge is 0.573 e. The van der Waals surface area contributed by atoms with Crippen LogP contribution in [-0.4, -0.2) is 12.9 Å². The summed E-state index contributed by atoms with van der Waals surface area (Å²) in [5, 5.41) is 3.04. The molecule has 1 aromatic carbocycles. The number of para-hydroxylation sites is 1. The molecule has 0 aromatic heterocycles. The molecule has 0 amide bonds. The maximum absolute atomic E-state index is 12.3. The van der Waals surface area contributed by atoms with Gasteiger partial charge in [0.1, 0.15) is 0 Å². The van der Waals surface area contributed by atoms with Crippen molar-refractivity contribution < 1.29 is 17.9 Å². The molecule has 106 valence electrons. The molecule has 1 unspecified atom stereocenters. The van der Waals surface area contributed by atoms with E-state index in [4.69, 9.17) is 0 Å². The highest BCUT2D eigenvalue weighted by Crippen LogP contribution is 2.44. The van der Waals surface area contributed by atoms with Crippen LogP contribution in [-0.2, 0) is 0 Å². The van der Waals surface area contributed by atoms with Crippen LogP contribution in [0, 0.1) is 5.41 Å². The lowest BCUT2D eigenvalue weighted by Crippen LogP contribution is -2.17. The van der Waals surface area contributed by atoms with Crippen molar-refractivity contribution in [1.82, 2.24) is 0 Å². The molecule has 0 bridgehead atoms. The Labute approximate surface area is 111 Å². The number of rotatable bonds is 2. The zero-order valence-corrected chi connectivity index (χ0v) is 11.3. The van der Waals surface area contributed by atoms with Crippen LogP contribution in [0.15, 0.2) is 18.2 Å². The first-order chi connectivity index (χ1) is 8.66. The second-order valence-electron chi connectivity index (χ2n) is 6.11. The van der Waals surface area contributed by atoms with E-state index in [1.807, 2.05) is 6.07 Å². The molecule has 1 aromatic rings. The summed E-state index contributed by atoms with van der Waals surface area (Å²) in [4.78, 5) is 0. The van der Waals surface area contributed by atoms with Gasteiger partial charge in [0.05, 0.1) is 5.69 Å². The molecule has 0 fully saturated rings. The van der Waals surface area contributed by atoms with Crippen molar-refractivity contribution in [2.75, 3.05) is 11.9 Å². The molecule has 1 atom stereocenters. The van der Waals surface area contributed by atoms with Gasteiger partial charge in [-0.3, -0.25) is 0 Å². The molecule has 1 heterocycles. The molecule has 0 saturated heterocycles. The van der Waals surface area contributed by atoms with Gasteiger partial charge >= 0.3 is 6.36 Å². The highest BCUT2D eigenvalue weighted by Gasteiger charge is 2.35. The van der Waals surface area contributed by atoms with Gasteiger partial charge in [0.2, 0.25) is 0 Å². The van der Waals surface area contributed by atoms with Crippen LogP contribution in [0.25, 0.3) is 0 Å². The van der Waals surface area contributed by atoms with Crippen LogP contribution in [0.3, 0.4) is 0 Å². The van der Waals surface area contributed by atoms with Crippen LogP contribution in [0.2, 0.25) is 0 Å². The Bertz CT molecular complexity index is 463. The van der Waals surface area contributed by atoms with Crippen molar-refractivity contribution in [3.8, 4) is 5.75 Å². The molecule has 1 N–H and O–H groups in total. The van der Waals surface area contributed by atoms with Gasteiger partial charge in [-0.1, -0.05) is 32.9 Å². The van der Waals surface area contributed by atoms with Crippen molar-refractivity contribution in [3.05, 3.63) is 23.8 Å². The minimum Gasteiger partial charge on any atom is -0.404 e. The standard InChI is InChI=1S/C14H18F3NO/c1-13(2,3)7-9-8-18-12-10(9)5-4-6-11(12)19-14(15,16)17/h4-6,9,18H,7-8H2,1-3H3. The lowest BCUT2D eigenvalue weighted by molar-refractivity contribution is -0.274. The number of alkyl halides is 3. The van der Waals surface area contributed by atoms with E-state index in [0.29, 0.717) is 12.2 Å². The Balaban J connectivity index is 2.25. The molecule has 1 aliphatic heterocycles. The maximum Gasteiger partial charge on any atom is 0.573 e. The molecule has 2 rings (SSSR count). The minimum atomic E-state index is -4.65. The average Bonchev–Trinajstić information content (AvgIpc) is 2.58. The molecule has 0 radical (unpaired) electrons. The Kier molecular flexibility index (Phi) is 3.41. The number of halogens is 3. The van der Waals surface area contributed by atoms with E-state index < -0.39 is 6.36 Å². The zero-order chi connectivity index (χ0) is 14.3. The molecule has 1 aliphatic rings. The van der Waals surface area contributed by atoms with Gasteiger partial charge < -0.3 is 10.1 Å². The van der Waals surface area contributed by atoms with E-state index in [0.717, 1.165) is 12.0 Å². The summed E-state index contributed by atoms with van der Waals surface area (Å²) < 4.78 is 41.0. The average molecular weight is 273 g/mol. The number of hydrogen-bond acceptors (Lipinski definition) is 2. The molecule has 0 saturated carbocycles. The summed E-state index contributed by atoms with van der Waals surface area (Å²) in [5.41, 5.74) is 1.53. The van der Waals surface area contributed by atoms with Crippen molar-refractivity contribution in [2.24, 2.45) is 5.41 Å². The molecular formula is C14H18F3NO. The number of nitrogens with one attached hydrogen (secondary N) is 1. The molecule has 0 aliphatic carbocycles. The number of anilines is 1. The third kappa shape index (κ3) is 3.55. The van der Waals surface area contributed by atoms with Crippen molar-refractivity contribution in [1.29, 1.82) is 0 Å². The first-order valence-corrected chi connectivity index (χ1v) is 6.28. The fraction of sp³-hybridized carbons (Fsp3) is 0.571. The third-order valence-electron chi connectivity index (χ3n) is 3.11. The summed E-state index contributed by atoms with van der Waals surface area (Å²) >= 11 is 0. The Hall–Kier alpha value is -1.39. The van der Waals surface area contributed by atoms with E-state index in [9.17, 15) is 13.2 Å². The topological polar surface area (TPSA) is 21.3 Å². The summed E-state index contributed by atoms with van der Waals surface area (Å²) in [6.07, 6.45) is -3.73. The van der Waals surface area contributed by atoms with Gasteiger partial charge in [-0.2, -0.15) is 0 Å². The van der Waals surface area contributed by atoms with Crippen LogP contribution in [0.4, 0.5) is 18.9 Å². The zero-order valence-electron chi connectivity index (χ0n) is 11.3. The smallest absolute Gasteiger partial charge is 0.404 e. The van der Waals surface area contributed by atoms with E-state index >= 15 is 0 Å². The number of fused-ring (bicyclic) bond motifs is 1. The van der Waals surface area contributed by atoms with Gasteiger partial charge in [0.15, 0.2) is 5.75 Å². The minimum absolute atomic E-state index is 0.134. The Morgan fingerprint density at radius 3 is 2.53 bits per heavy atom. The second kappa shape index (κ2) is 4.62. The second-order valence-corrected chi connectivity index (χ2v) is 6.11. The molecule has 0 spiro atoms. The summed E-state index contributed by atoms with van der Waals surface area (Å²) in [7, 11) is 0. The molecular weight excluding hydrogens is 255 g/mol. The van der Waals surface area contributed by atoms with E-state index in [-0.39, 0.29) is 17.1 Å². The Morgan fingerprint density at radius 1 is 1.26 bits per heavy atom. The number of hydrogen-bond donors (Lipinski definition) is 1. The fourth-order valence-corrected chi connectivity index (χ4v) is 2.54. The molecule has 5 heteroatoms. The summed E-state index contributed by atoms with van der Waals surface area (Å²) in [6, 6.07) is 4.83. The highest BCUT2D eigenvalue weighted by atomic mass is 19.4. The monoisotopic (exact) mass is 273 g/mol. The number of ether oxygens (including phenoxy) is 1. The van der Waals surface area contributed by atoms with Gasteiger partial charge in [-0.05, 0) is 23.5 Å². The van der Waals surface area contributed by atoms with Crippen LogP contribution < -0.4 is 10.1 Å². The van der Waals surface area contributed by atoms with Gasteiger partial charge in [0, 0.05) is 12.5 Å². The lowest BCUT2D eigenvalue weighted by Gasteiger charge is -2.22. The van der Waals surface area contributed by atoms with Crippen LogP contribution >= 0.6 is 0 Å². The lowest BCUT2D eigenvalue weighted by atomic mass is 9.82. The Morgan fingerprint density at radius 2 is 1.95 bits per heavy atom. The quantitative estimate of drug-likeness (QED) is 0.854. The van der Waals surface area contributed by atoms with Crippen molar-refractivity contribution >= 4 is 5.69 Å². The normalized spacial score (nSPS) is 18.9. The molecule has 2 nitrogen and oxygen atoms in total. The number of benzene rings is 1. The van der Waals surface area contributed by atoms with Crippen molar-refractivity contribution in [2.45, 2.75) is 39.5 Å². The van der Waals surface area contributed by atoms with Crippen LogP contribution in [0.5, 0.6) is 5.75 Å². The van der Waals surface area contributed by atoms with E-state index in [1.165, 1.54) is 6.07 Å². The van der Waals surface area contributed by atoms with Gasteiger partial charge in [-0.15, -0.1) is 13.2 Å². The van der Waals surface area contributed by atoms with Crippen LogP contribution in [0.1, 0.15) is 38.7 Å². The maximum atomic E-state index is 12.3. The molecule has 19 heavy (non-hydrogen) atoms. The van der Waals surface area contributed by atoms with Crippen molar-refractivity contribution in [3.63, 3.8) is 0 Å².